The van der Waals surface area contributed by atoms with E-state index in [9.17, 15) is 8.78 Å². The number of alkyl halides is 2. The Morgan fingerprint density at radius 1 is 1.16 bits per heavy atom. The number of aryl methyl sites for hydroxylation is 2. The third-order valence-electron chi connectivity index (χ3n) is 4.53. The molecule has 0 radical (unpaired) electrons. The summed E-state index contributed by atoms with van der Waals surface area (Å²) in [6.45, 7) is 1.50. The minimum absolute atomic E-state index is 0.168. The van der Waals surface area contributed by atoms with Gasteiger partial charge in [0, 0.05) is 7.05 Å². The highest BCUT2D eigenvalue weighted by Crippen LogP contribution is 2.39. The molecule has 0 fully saturated rings. The first-order valence-electron chi connectivity index (χ1n) is 8.01. The second kappa shape index (κ2) is 6.35. The molecule has 0 aromatic heterocycles. The Morgan fingerprint density at radius 3 is 2.44 bits per heavy atom. The number of guanidine groups is 1. The summed E-state index contributed by atoms with van der Waals surface area (Å²) in [4.78, 5) is 6.64. The van der Waals surface area contributed by atoms with E-state index in [-0.39, 0.29) is 5.75 Å². The van der Waals surface area contributed by atoms with E-state index in [0.717, 1.165) is 16.7 Å². The van der Waals surface area contributed by atoms with Gasteiger partial charge in [0.2, 0.25) is 0 Å². The highest BCUT2D eigenvalue weighted by atomic mass is 19.3. The Balaban J connectivity index is 2.13. The number of ether oxygens (including phenoxy) is 1. The van der Waals surface area contributed by atoms with Gasteiger partial charge in [-0.3, -0.25) is 0 Å². The van der Waals surface area contributed by atoms with Gasteiger partial charge in [-0.15, -0.1) is 0 Å². The molecule has 132 valence electrons. The average Bonchev–Trinajstić information content (AvgIpc) is 2.85. The van der Waals surface area contributed by atoms with Crippen molar-refractivity contribution in [2.75, 3.05) is 13.6 Å². The van der Waals surface area contributed by atoms with Crippen molar-refractivity contribution < 1.29 is 13.5 Å². The quantitative estimate of drug-likeness (QED) is 0.924. The molecular formula is C19H21F2N3O. The van der Waals surface area contributed by atoms with Crippen molar-refractivity contribution in [3.05, 3.63) is 64.7 Å². The maximum Gasteiger partial charge on any atom is 0.387 e. The van der Waals surface area contributed by atoms with E-state index < -0.39 is 12.2 Å². The molecule has 0 saturated carbocycles. The molecule has 0 aliphatic carbocycles. The smallest absolute Gasteiger partial charge is 0.387 e. The molecule has 0 spiro atoms. The molecule has 6 heteroatoms. The second-order valence-electron chi connectivity index (χ2n) is 6.41. The summed E-state index contributed by atoms with van der Waals surface area (Å²) >= 11 is 0. The Kier molecular flexibility index (Phi) is 4.37. The largest absolute Gasteiger partial charge is 0.435 e. The number of nitrogens with zero attached hydrogens (tertiary/aromatic N) is 2. The lowest BCUT2D eigenvalue weighted by Crippen LogP contribution is -2.34. The fourth-order valence-corrected chi connectivity index (χ4v) is 3.26. The first-order chi connectivity index (χ1) is 11.8. The van der Waals surface area contributed by atoms with Gasteiger partial charge in [-0.1, -0.05) is 35.9 Å². The number of rotatable bonds is 4. The Bertz CT molecular complexity index is 822. The summed E-state index contributed by atoms with van der Waals surface area (Å²) in [6, 6.07) is 13.3. The van der Waals surface area contributed by atoms with Crippen LogP contribution in [0.2, 0.25) is 0 Å². The van der Waals surface area contributed by atoms with E-state index in [1.165, 1.54) is 0 Å². The predicted molar refractivity (Wildman–Crippen MR) is 94.0 cm³/mol. The van der Waals surface area contributed by atoms with Gasteiger partial charge in [-0.05, 0) is 42.7 Å². The second-order valence-corrected chi connectivity index (χ2v) is 6.41. The Labute approximate surface area is 145 Å². The summed E-state index contributed by atoms with van der Waals surface area (Å²) in [5, 5.41) is 0. The molecule has 3 rings (SSSR count). The maximum absolute atomic E-state index is 12.5. The Hall–Kier alpha value is -2.63. The lowest BCUT2D eigenvalue weighted by atomic mass is 9.82. The van der Waals surface area contributed by atoms with E-state index in [0.29, 0.717) is 18.1 Å². The van der Waals surface area contributed by atoms with Gasteiger partial charge in [-0.2, -0.15) is 8.78 Å². The molecule has 25 heavy (non-hydrogen) atoms. The summed E-state index contributed by atoms with van der Waals surface area (Å²) in [6.07, 6.45) is 0. The number of aliphatic imine (C=N–C) groups is 1. The van der Waals surface area contributed by atoms with Crippen LogP contribution >= 0.6 is 0 Å². The highest BCUT2D eigenvalue weighted by molar-refractivity contribution is 5.81. The van der Waals surface area contributed by atoms with Crippen LogP contribution in [-0.4, -0.2) is 31.1 Å². The van der Waals surface area contributed by atoms with Crippen LogP contribution in [0.1, 0.15) is 22.3 Å². The molecule has 2 aromatic carbocycles. The first-order valence-corrected chi connectivity index (χ1v) is 8.01. The predicted octanol–water partition coefficient (Wildman–Crippen LogP) is 3.41. The van der Waals surface area contributed by atoms with Gasteiger partial charge in [-0.25, -0.2) is 4.99 Å². The normalized spacial score (nSPS) is 20.1. The van der Waals surface area contributed by atoms with E-state index in [2.05, 4.69) is 10.8 Å². The van der Waals surface area contributed by atoms with Gasteiger partial charge < -0.3 is 15.4 Å². The maximum atomic E-state index is 12.5. The van der Waals surface area contributed by atoms with Crippen LogP contribution < -0.4 is 10.5 Å². The molecule has 0 amide bonds. The standard InChI is InChI=1S/C19H21F2N3O/c1-12-5-4-6-14(9-12)19(11-24(3)18(22)23-19)15-7-8-16(13(2)10-15)25-17(20)21/h4-10,17H,11H2,1-3H3,(H2,22,23). The molecular weight excluding hydrogens is 324 g/mol. The molecule has 0 saturated heterocycles. The van der Waals surface area contributed by atoms with Crippen molar-refractivity contribution in [2.45, 2.75) is 26.0 Å². The van der Waals surface area contributed by atoms with E-state index in [4.69, 9.17) is 10.7 Å². The number of hydrogen-bond donors (Lipinski definition) is 1. The van der Waals surface area contributed by atoms with Gasteiger partial charge in [0.1, 0.15) is 11.3 Å². The van der Waals surface area contributed by atoms with Crippen molar-refractivity contribution in [1.82, 2.24) is 4.90 Å². The molecule has 2 N–H and O–H groups in total. The zero-order valence-electron chi connectivity index (χ0n) is 14.5. The first kappa shape index (κ1) is 17.2. The molecule has 1 heterocycles. The zero-order chi connectivity index (χ0) is 18.2. The third kappa shape index (κ3) is 3.16. The number of hydrogen-bond acceptors (Lipinski definition) is 4. The average molecular weight is 345 g/mol. The number of nitrogens with two attached hydrogens (primary N) is 1. The van der Waals surface area contributed by atoms with Crippen LogP contribution in [0.15, 0.2) is 47.5 Å². The van der Waals surface area contributed by atoms with E-state index >= 15 is 0 Å². The van der Waals surface area contributed by atoms with Crippen LogP contribution in [0.25, 0.3) is 0 Å². The number of halogens is 2. The highest BCUT2D eigenvalue weighted by Gasteiger charge is 2.41. The summed E-state index contributed by atoms with van der Waals surface area (Å²) in [5.41, 5.74) is 9.05. The molecule has 1 aliphatic rings. The fourth-order valence-electron chi connectivity index (χ4n) is 3.26. The van der Waals surface area contributed by atoms with E-state index in [1.807, 2.05) is 43.1 Å². The minimum Gasteiger partial charge on any atom is -0.435 e. The topological polar surface area (TPSA) is 50.9 Å². The van der Waals surface area contributed by atoms with Crippen LogP contribution in [-0.2, 0) is 5.54 Å². The molecule has 2 aromatic rings. The van der Waals surface area contributed by atoms with Crippen molar-refractivity contribution in [3.63, 3.8) is 0 Å². The zero-order valence-corrected chi connectivity index (χ0v) is 14.5. The fraction of sp³-hybridized carbons (Fsp3) is 0.316. The SMILES string of the molecule is Cc1cccc(C2(c3ccc(OC(F)F)c(C)c3)CN(C)C(N)=N2)c1. The third-order valence-corrected chi connectivity index (χ3v) is 4.53. The van der Waals surface area contributed by atoms with Gasteiger partial charge in [0.05, 0.1) is 6.54 Å². The number of benzene rings is 2. The monoisotopic (exact) mass is 345 g/mol. The molecule has 0 bridgehead atoms. The van der Waals surface area contributed by atoms with Crippen molar-refractivity contribution >= 4 is 5.96 Å². The van der Waals surface area contributed by atoms with Crippen molar-refractivity contribution in [3.8, 4) is 5.75 Å². The van der Waals surface area contributed by atoms with Gasteiger partial charge in [0.25, 0.3) is 0 Å². The van der Waals surface area contributed by atoms with Crippen LogP contribution in [0.3, 0.4) is 0 Å². The summed E-state index contributed by atoms with van der Waals surface area (Å²) < 4.78 is 29.6. The Morgan fingerprint density at radius 2 is 1.88 bits per heavy atom. The van der Waals surface area contributed by atoms with Crippen LogP contribution in [0, 0.1) is 13.8 Å². The molecule has 1 unspecified atom stereocenters. The number of likely N-dealkylation sites (N-methyl/N-ethyl adjacent to an activating group) is 1. The summed E-state index contributed by atoms with van der Waals surface area (Å²) in [7, 11) is 1.89. The molecule has 1 aliphatic heterocycles. The minimum atomic E-state index is -2.85. The van der Waals surface area contributed by atoms with E-state index in [1.54, 1.807) is 19.1 Å². The molecule has 1 atom stereocenters. The van der Waals surface area contributed by atoms with Gasteiger partial charge >= 0.3 is 6.61 Å². The van der Waals surface area contributed by atoms with Crippen LogP contribution in [0.5, 0.6) is 5.75 Å². The molecule has 4 nitrogen and oxygen atoms in total. The lowest BCUT2D eigenvalue weighted by molar-refractivity contribution is -0.0503. The van der Waals surface area contributed by atoms with Crippen molar-refractivity contribution in [1.29, 1.82) is 0 Å². The lowest BCUT2D eigenvalue weighted by Gasteiger charge is -2.29. The summed E-state index contributed by atoms with van der Waals surface area (Å²) in [5.74, 6) is 0.619. The van der Waals surface area contributed by atoms with Gasteiger partial charge in [0.15, 0.2) is 5.96 Å². The van der Waals surface area contributed by atoms with Crippen molar-refractivity contribution in [2.24, 2.45) is 10.7 Å². The van der Waals surface area contributed by atoms with Crippen LogP contribution in [0.4, 0.5) is 8.78 Å².